The molecule has 0 saturated carbocycles. The number of hydrogen-bond acceptors (Lipinski definition) is 5. The third-order valence-corrected chi connectivity index (χ3v) is 1.78. The first kappa shape index (κ1) is 16.4. The Labute approximate surface area is 107 Å². The molecule has 0 spiro atoms. The van der Waals surface area contributed by atoms with Gasteiger partial charge in [-0.25, -0.2) is 9.59 Å². The molecule has 1 rings (SSSR count). The van der Waals surface area contributed by atoms with Gasteiger partial charge in [-0.3, -0.25) is 0 Å². The molecule has 0 aromatic heterocycles. The predicted octanol–water partition coefficient (Wildman–Crippen LogP) is 1.63. The van der Waals surface area contributed by atoms with Gasteiger partial charge in [-0.2, -0.15) is 0 Å². The molecule has 5 nitrogen and oxygen atoms in total. The van der Waals surface area contributed by atoms with E-state index in [1.807, 2.05) is 0 Å². The quantitative estimate of drug-likeness (QED) is 0.425. The zero-order valence-corrected chi connectivity index (χ0v) is 11.2. The largest absolute Gasteiger partial charge is 0.463 e. The molecule has 0 amide bonds. The van der Waals surface area contributed by atoms with E-state index in [0.29, 0.717) is 31.0 Å². The smallest absolute Gasteiger partial charge is 0.333 e. The van der Waals surface area contributed by atoms with Gasteiger partial charge in [0.05, 0.1) is 13.2 Å². The number of esters is 2. The van der Waals surface area contributed by atoms with Crippen LogP contribution in [0.1, 0.15) is 20.8 Å². The molecule has 0 radical (unpaired) electrons. The molecule has 1 aliphatic rings. The molecule has 1 aliphatic heterocycles. The highest BCUT2D eigenvalue weighted by atomic mass is 16.6. The van der Waals surface area contributed by atoms with E-state index in [4.69, 9.17) is 9.47 Å². The fourth-order valence-corrected chi connectivity index (χ4v) is 0.710. The van der Waals surface area contributed by atoms with Crippen LogP contribution in [-0.2, 0) is 23.8 Å². The second-order valence-electron chi connectivity index (χ2n) is 3.83. The number of epoxide rings is 1. The molecular formula is C13H20O5. The summed E-state index contributed by atoms with van der Waals surface area (Å²) in [5.41, 5.74) is 0.882. The minimum Gasteiger partial charge on any atom is -0.463 e. The van der Waals surface area contributed by atoms with Crippen molar-refractivity contribution >= 4 is 11.9 Å². The highest BCUT2D eigenvalue weighted by Crippen LogP contribution is 2.09. The molecule has 5 heteroatoms. The van der Waals surface area contributed by atoms with E-state index in [1.54, 1.807) is 20.8 Å². The Bertz CT molecular complexity index is 328. The van der Waals surface area contributed by atoms with Crippen LogP contribution in [0.25, 0.3) is 0 Å². The summed E-state index contributed by atoms with van der Waals surface area (Å²) in [5.74, 6) is -0.650. The lowest BCUT2D eigenvalue weighted by atomic mass is 10.4. The van der Waals surface area contributed by atoms with Gasteiger partial charge in [0.2, 0.25) is 0 Å². The van der Waals surface area contributed by atoms with Gasteiger partial charge in [0.15, 0.2) is 0 Å². The van der Waals surface area contributed by atoms with Gasteiger partial charge in [-0.1, -0.05) is 13.2 Å². The average Bonchev–Trinajstić information content (AvgIpc) is 3.10. The number of carbonyl (C=O) groups is 2. The van der Waals surface area contributed by atoms with Crippen LogP contribution in [0.4, 0.5) is 0 Å². The van der Waals surface area contributed by atoms with E-state index >= 15 is 0 Å². The van der Waals surface area contributed by atoms with Crippen LogP contribution in [0, 0.1) is 0 Å². The molecule has 102 valence electrons. The van der Waals surface area contributed by atoms with Crippen molar-refractivity contribution in [2.45, 2.75) is 26.9 Å². The van der Waals surface area contributed by atoms with Crippen LogP contribution < -0.4 is 0 Å². The standard InChI is InChI=1S/C7H10O3.C6H10O2/c1-5(2)7(8)10-4-6-3-9-6;1-4-8-6(7)5(2)3/h6H,1,3-4H2,2H3;2,4H2,1,3H3. The van der Waals surface area contributed by atoms with Crippen LogP contribution in [0.2, 0.25) is 0 Å². The Balaban J connectivity index is 0.000000331. The van der Waals surface area contributed by atoms with E-state index in [-0.39, 0.29) is 18.0 Å². The lowest BCUT2D eigenvalue weighted by molar-refractivity contribution is -0.139. The maximum atomic E-state index is 10.7. The summed E-state index contributed by atoms with van der Waals surface area (Å²) in [5, 5.41) is 0. The van der Waals surface area contributed by atoms with Crippen molar-refractivity contribution in [3.05, 3.63) is 24.3 Å². The summed E-state index contributed by atoms with van der Waals surface area (Å²) in [6.07, 6.45) is 0.142. The summed E-state index contributed by atoms with van der Waals surface area (Å²) >= 11 is 0. The summed E-state index contributed by atoms with van der Waals surface area (Å²) in [6, 6.07) is 0. The average molecular weight is 256 g/mol. The van der Waals surface area contributed by atoms with Crippen molar-refractivity contribution < 1.29 is 23.8 Å². The Kier molecular flexibility index (Phi) is 7.71. The molecule has 0 N–H and O–H groups in total. The normalized spacial score (nSPS) is 15.8. The topological polar surface area (TPSA) is 65.1 Å². The maximum absolute atomic E-state index is 10.7. The zero-order chi connectivity index (χ0) is 14.1. The van der Waals surface area contributed by atoms with Crippen molar-refractivity contribution in [1.82, 2.24) is 0 Å². The maximum Gasteiger partial charge on any atom is 0.333 e. The minimum atomic E-state index is -0.337. The molecule has 1 unspecified atom stereocenters. The molecule has 0 aromatic carbocycles. The molecule has 0 aliphatic carbocycles. The first-order chi connectivity index (χ1) is 8.38. The highest BCUT2D eigenvalue weighted by molar-refractivity contribution is 5.87. The second kappa shape index (κ2) is 8.47. The minimum absolute atomic E-state index is 0.142. The first-order valence-electron chi connectivity index (χ1n) is 5.65. The van der Waals surface area contributed by atoms with Crippen LogP contribution in [0.3, 0.4) is 0 Å². The lowest BCUT2D eigenvalue weighted by Gasteiger charge is -1.99. The summed E-state index contributed by atoms with van der Waals surface area (Å²) in [6.45, 7) is 13.3. The Morgan fingerprint density at radius 2 is 1.61 bits per heavy atom. The van der Waals surface area contributed by atoms with Gasteiger partial charge in [0, 0.05) is 11.1 Å². The highest BCUT2D eigenvalue weighted by Gasteiger charge is 2.24. The van der Waals surface area contributed by atoms with E-state index in [1.165, 1.54) is 0 Å². The fourth-order valence-electron chi connectivity index (χ4n) is 0.710. The Morgan fingerprint density at radius 1 is 1.17 bits per heavy atom. The van der Waals surface area contributed by atoms with Crippen molar-refractivity contribution in [2.24, 2.45) is 0 Å². The summed E-state index contributed by atoms with van der Waals surface area (Å²) in [4.78, 5) is 21.1. The van der Waals surface area contributed by atoms with E-state index in [9.17, 15) is 9.59 Å². The summed E-state index contributed by atoms with van der Waals surface area (Å²) in [7, 11) is 0. The van der Waals surface area contributed by atoms with Crippen LogP contribution >= 0.6 is 0 Å². The van der Waals surface area contributed by atoms with E-state index in [2.05, 4.69) is 17.9 Å². The molecule has 0 aromatic rings. The van der Waals surface area contributed by atoms with E-state index in [0.717, 1.165) is 0 Å². The number of rotatable bonds is 5. The van der Waals surface area contributed by atoms with Crippen LogP contribution in [0.5, 0.6) is 0 Å². The van der Waals surface area contributed by atoms with Crippen molar-refractivity contribution in [3.8, 4) is 0 Å². The molecule has 1 fully saturated rings. The van der Waals surface area contributed by atoms with Crippen LogP contribution in [-0.4, -0.2) is 37.9 Å². The van der Waals surface area contributed by atoms with Crippen molar-refractivity contribution in [2.75, 3.05) is 19.8 Å². The van der Waals surface area contributed by atoms with Gasteiger partial charge in [-0.15, -0.1) is 0 Å². The molecule has 1 saturated heterocycles. The Hall–Kier alpha value is -1.62. The van der Waals surface area contributed by atoms with Gasteiger partial charge in [-0.05, 0) is 20.8 Å². The summed E-state index contributed by atoms with van der Waals surface area (Å²) < 4.78 is 14.2. The number of ether oxygens (including phenoxy) is 3. The monoisotopic (exact) mass is 256 g/mol. The van der Waals surface area contributed by atoms with E-state index < -0.39 is 0 Å². The SMILES string of the molecule is C=C(C)C(=O)OCC.C=C(C)C(=O)OCC1CO1. The Morgan fingerprint density at radius 3 is 1.89 bits per heavy atom. The molecule has 1 atom stereocenters. The van der Waals surface area contributed by atoms with Gasteiger partial charge in [0.1, 0.15) is 12.7 Å². The fraction of sp³-hybridized carbons (Fsp3) is 0.538. The third-order valence-electron chi connectivity index (χ3n) is 1.78. The van der Waals surface area contributed by atoms with Gasteiger partial charge >= 0.3 is 11.9 Å². The molecule has 1 heterocycles. The molecular weight excluding hydrogens is 236 g/mol. The van der Waals surface area contributed by atoms with Crippen molar-refractivity contribution in [1.29, 1.82) is 0 Å². The van der Waals surface area contributed by atoms with Gasteiger partial charge in [0.25, 0.3) is 0 Å². The third kappa shape index (κ3) is 8.52. The van der Waals surface area contributed by atoms with Crippen LogP contribution in [0.15, 0.2) is 24.3 Å². The molecule has 18 heavy (non-hydrogen) atoms. The second-order valence-corrected chi connectivity index (χ2v) is 3.83. The first-order valence-corrected chi connectivity index (χ1v) is 5.65. The van der Waals surface area contributed by atoms with Gasteiger partial charge < -0.3 is 14.2 Å². The molecule has 0 bridgehead atoms. The lowest BCUT2D eigenvalue weighted by Crippen LogP contribution is -2.09. The zero-order valence-electron chi connectivity index (χ0n) is 11.2. The number of hydrogen-bond donors (Lipinski definition) is 0. The van der Waals surface area contributed by atoms with Crippen molar-refractivity contribution in [3.63, 3.8) is 0 Å². The number of carbonyl (C=O) groups excluding carboxylic acids is 2. The predicted molar refractivity (Wildman–Crippen MR) is 67.0 cm³/mol.